The summed E-state index contributed by atoms with van der Waals surface area (Å²) in [5.41, 5.74) is 0.715. The van der Waals surface area contributed by atoms with Crippen molar-refractivity contribution in [3.63, 3.8) is 0 Å². The molecule has 0 saturated carbocycles. The average molecular weight is 580 g/mol. The summed E-state index contributed by atoms with van der Waals surface area (Å²) in [5.74, 6) is -0.512. The van der Waals surface area contributed by atoms with Crippen LogP contribution in [0.4, 0.5) is 18.9 Å². The Morgan fingerprint density at radius 3 is 2.15 bits per heavy atom. The Labute approximate surface area is 227 Å². The monoisotopic (exact) mass is 579 g/mol. The number of amides is 1. The molecule has 0 aliphatic carbocycles. The Kier molecular flexibility index (Phi) is 8.05. The van der Waals surface area contributed by atoms with Crippen molar-refractivity contribution >= 4 is 33.4 Å². The van der Waals surface area contributed by atoms with Gasteiger partial charge in [0.1, 0.15) is 4.90 Å². The number of hydrogen-bond donors (Lipinski definition) is 0. The van der Waals surface area contributed by atoms with Gasteiger partial charge in [0.25, 0.3) is 11.6 Å². The summed E-state index contributed by atoms with van der Waals surface area (Å²) >= 11 is 1.20. The van der Waals surface area contributed by atoms with Gasteiger partial charge < -0.3 is 4.90 Å². The quantitative estimate of drug-likeness (QED) is 0.281. The molecule has 3 aromatic carbocycles. The van der Waals surface area contributed by atoms with Crippen molar-refractivity contribution < 1.29 is 31.3 Å². The topological polar surface area (TPSA) is 101 Å². The molecule has 1 saturated heterocycles. The third kappa shape index (κ3) is 6.26. The number of alkyl halides is 3. The minimum Gasteiger partial charge on any atom is -0.336 e. The second kappa shape index (κ2) is 11.0. The third-order valence-electron chi connectivity index (χ3n) is 6.30. The van der Waals surface area contributed by atoms with Gasteiger partial charge in [0.2, 0.25) is 10.0 Å². The molecule has 0 bridgehead atoms. The summed E-state index contributed by atoms with van der Waals surface area (Å²) < 4.78 is 67.0. The van der Waals surface area contributed by atoms with E-state index in [1.807, 2.05) is 32.0 Å². The summed E-state index contributed by atoms with van der Waals surface area (Å²) in [6.45, 7) is 3.65. The SMILES string of the molecule is Cc1ccc(C)c(Sc2ccc([N+](=O)[O-])cc2S(=O)(=O)N2CCN(C(=O)c3ccc(C(F)(F)F)cc3)CC2)c1. The van der Waals surface area contributed by atoms with Crippen LogP contribution in [0.1, 0.15) is 27.0 Å². The van der Waals surface area contributed by atoms with Crippen LogP contribution in [-0.4, -0.2) is 54.6 Å². The van der Waals surface area contributed by atoms with Gasteiger partial charge in [-0.15, -0.1) is 0 Å². The Balaban J connectivity index is 1.56. The molecule has 0 aromatic heterocycles. The number of carbonyl (C=O) groups excluding carboxylic acids is 1. The lowest BCUT2D eigenvalue weighted by Crippen LogP contribution is -2.50. The summed E-state index contributed by atoms with van der Waals surface area (Å²) in [7, 11) is -4.18. The molecule has 13 heteroatoms. The largest absolute Gasteiger partial charge is 0.416 e. The number of nitro benzene ring substituents is 1. The molecule has 0 radical (unpaired) electrons. The van der Waals surface area contributed by atoms with Crippen LogP contribution >= 0.6 is 11.8 Å². The molecule has 0 unspecified atom stereocenters. The van der Waals surface area contributed by atoms with Gasteiger partial charge in [0, 0.05) is 53.7 Å². The molecule has 39 heavy (non-hydrogen) atoms. The van der Waals surface area contributed by atoms with E-state index in [0.29, 0.717) is 4.90 Å². The first-order valence-corrected chi connectivity index (χ1v) is 14.0. The molecule has 1 aliphatic rings. The van der Waals surface area contributed by atoms with Crippen LogP contribution in [0.2, 0.25) is 0 Å². The summed E-state index contributed by atoms with van der Waals surface area (Å²) in [6, 6.07) is 13.3. The minimum atomic E-state index is -4.52. The number of non-ortho nitro benzene ring substituents is 1. The number of nitro groups is 1. The van der Waals surface area contributed by atoms with E-state index in [9.17, 15) is 36.5 Å². The first kappa shape index (κ1) is 28.6. The highest BCUT2D eigenvalue weighted by Crippen LogP contribution is 2.38. The van der Waals surface area contributed by atoms with E-state index < -0.39 is 32.6 Å². The standard InChI is InChI=1S/C26H24F3N3O5S2/c1-17-3-4-18(2)23(15-17)38-22-10-9-21(32(34)35)16-24(22)39(36,37)31-13-11-30(12-14-31)25(33)19-5-7-20(8-6-19)26(27,28)29/h3-10,15-16H,11-14H2,1-2H3. The Morgan fingerprint density at radius 2 is 1.56 bits per heavy atom. The van der Waals surface area contributed by atoms with Gasteiger partial charge in [0.15, 0.2) is 0 Å². The first-order chi connectivity index (χ1) is 18.3. The van der Waals surface area contributed by atoms with E-state index in [0.717, 1.165) is 50.7 Å². The molecule has 1 fully saturated rings. The van der Waals surface area contributed by atoms with E-state index in [4.69, 9.17) is 0 Å². The molecule has 4 rings (SSSR count). The summed E-state index contributed by atoms with van der Waals surface area (Å²) in [5, 5.41) is 11.4. The number of rotatable bonds is 6. The van der Waals surface area contributed by atoms with Gasteiger partial charge in [-0.3, -0.25) is 14.9 Å². The van der Waals surface area contributed by atoms with Crippen LogP contribution in [0.3, 0.4) is 0 Å². The maximum absolute atomic E-state index is 13.7. The van der Waals surface area contributed by atoms with Crippen LogP contribution in [0.5, 0.6) is 0 Å². The van der Waals surface area contributed by atoms with E-state index in [1.165, 1.54) is 28.8 Å². The predicted octanol–water partition coefficient (Wildman–Crippen LogP) is 5.53. The molecular weight excluding hydrogens is 555 g/mol. The summed E-state index contributed by atoms with van der Waals surface area (Å²) in [4.78, 5) is 25.9. The molecule has 8 nitrogen and oxygen atoms in total. The number of carbonyl (C=O) groups is 1. The molecule has 1 aliphatic heterocycles. The second-order valence-corrected chi connectivity index (χ2v) is 12.0. The van der Waals surface area contributed by atoms with E-state index in [2.05, 4.69) is 0 Å². The average Bonchev–Trinajstić information content (AvgIpc) is 2.90. The molecule has 1 heterocycles. The zero-order valence-electron chi connectivity index (χ0n) is 20.9. The summed E-state index contributed by atoms with van der Waals surface area (Å²) in [6.07, 6.45) is -4.52. The van der Waals surface area contributed by atoms with E-state index in [-0.39, 0.29) is 42.3 Å². The predicted molar refractivity (Wildman–Crippen MR) is 139 cm³/mol. The number of halogens is 3. The molecular formula is C26H24F3N3O5S2. The van der Waals surface area contributed by atoms with Gasteiger partial charge in [0.05, 0.1) is 10.5 Å². The molecule has 0 N–H and O–H groups in total. The molecule has 3 aromatic rings. The lowest BCUT2D eigenvalue weighted by Gasteiger charge is -2.34. The number of hydrogen-bond acceptors (Lipinski definition) is 6. The van der Waals surface area contributed by atoms with Gasteiger partial charge in [-0.2, -0.15) is 17.5 Å². The number of aryl methyl sites for hydroxylation is 2. The maximum Gasteiger partial charge on any atom is 0.416 e. The van der Waals surface area contributed by atoms with Gasteiger partial charge >= 0.3 is 6.18 Å². The van der Waals surface area contributed by atoms with Gasteiger partial charge in [-0.1, -0.05) is 23.9 Å². The third-order valence-corrected chi connectivity index (χ3v) is 9.61. The van der Waals surface area contributed by atoms with Crippen molar-refractivity contribution in [2.24, 2.45) is 0 Å². The lowest BCUT2D eigenvalue weighted by molar-refractivity contribution is -0.385. The fourth-order valence-corrected chi connectivity index (χ4v) is 7.05. The van der Waals surface area contributed by atoms with Crippen molar-refractivity contribution in [2.45, 2.75) is 34.7 Å². The van der Waals surface area contributed by atoms with Crippen LogP contribution < -0.4 is 0 Å². The number of benzene rings is 3. The Morgan fingerprint density at radius 1 is 0.923 bits per heavy atom. The zero-order chi connectivity index (χ0) is 28.5. The molecule has 206 valence electrons. The first-order valence-electron chi connectivity index (χ1n) is 11.8. The van der Waals surface area contributed by atoms with Crippen molar-refractivity contribution in [3.05, 3.63) is 93.0 Å². The highest BCUT2D eigenvalue weighted by atomic mass is 32.2. The van der Waals surface area contributed by atoms with Crippen molar-refractivity contribution in [3.8, 4) is 0 Å². The number of nitrogens with zero attached hydrogens (tertiary/aromatic N) is 3. The normalized spacial score (nSPS) is 14.8. The van der Waals surface area contributed by atoms with Crippen molar-refractivity contribution in [2.75, 3.05) is 26.2 Å². The lowest BCUT2D eigenvalue weighted by atomic mass is 10.1. The smallest absolute Gasteiger partial charge is 0.336 e. The number of sulfonamides is 1. The maximum atomic E-state index is 13.7. The Bertz CT molecular complexity index is 1520. The van der Waals surface area contributed by atoms with Crippen LogP contribution in [-0.2, 0) is 16.2 Å². The van der Waals surface area contributed by atoms with Crippen LogP contribution in [0.15, 0.2) is 75.4 Å². The Hall–Kier alpha value is -3.42. The number of piperazine rings is 1. The van der Waals surface area contributed by atoms with Crippen molar-refractivity contribution in [1.82, 2.24) is 9.21 Å². The fraction of sp³-hybridized carbons (Fsp3) is 0.269. The fourth-order valence-electron chi connectivity index (χ4n) is 4.09. The van der Waals surface area contributed by atoms with Gasteiger partial charge in [-0.05, 0) is 61.4 Å². The van der Waals surface area contributed by atoms with E-state index >= 15 is 0 Å². The highest BCUT2D eigenvalue weighted by molar-refractivity contribution is 8.00. The van der Waals surface area contributed by atoms with Crippen molar-refractivity contribution in [1.29, 1.82) is 0 Å². The zero-order valence-corrected chi connectivity index (χ0v) is 22.6. The van der Waals surface area contributed by atoms with E-state index in [1.54, 1.807) is 0 Å². The molecule has 0 spiro atoms. The molecule has 1 amide bonds. The van der Waals surface area contributed by atoms with Crippen LogP contribution in [0.25, 0.3) is 0 Å². The minimum absolute atomic E-state index is 0.00742. The second-order valence-electron chi connectivity index (χ2n) is 9.03. The molecule has 0 atom stereocenters. The van der Waals surface area contributed by atoms with Gasteiger partial charge in [-0.25, -0.2) is 8.42 Å². The van der Waals surface area contributed by atoms with Crippen LogP contribution in [0, 0.1) is 24.0 Å². The highest BCUT2D eigenvalue weighted by Gasteiger charge is 2.34.